The molecule has 2 aromatic carbocycles. The molecule has 176 valence electrons. The predicted molar refractivity (Wildman–Crippen MR) is 125 cm³/mol. The second-order valence-electron chi connectivity index (χ2n) is 9.21. The van der Waals surface area contributed by atoms with Gasteiger partial charge in [0.05, 0.1) is 5.69 Å². The van der Waals surface area contributed by atoms with E-state index in [1.165, 1.54) is 6.07 Å². The lowest BCUT2D eigenvalue weighted by molar-refractivity contribution is 0.00424. The molecule has 2 N–H and O–H groups in total. The minimum absolute atomic E-state index is 0.147. The number of rotatable bonds is 7. The Balaban J connectivity index is 2.10. The van der Waals surface area contributed by atoms with Crippen LogP contribution in [0.3, 0.4) is 0 Å². The van der Waals surface area contributed by atoms with Crippen LogP contribution in [0.25, 0.3) is 11.1 Å². The van der Waals surface area contributed by atoms with E-state index in [1.807, 2.05) is 62.6 Å². The summed E-state index contributed by atoms with van der Waals surface area (Å²) in [6.45, 7) is 8.61. The fourth-order valence-electron chi connectivity index (χ4n) is 3.71. The Kier molecular flexibility index (Phi) is 7.53. The molecular weight excluding hydrogens is 424 g/mol. The van der Waals surface area contributed by atoms with Crippen LogP contribution in [0.5, 0.6) is 0 Å². The lowest BCUT2D eigenvalue weighted by Gasteiger charge is -2.32. The standard InChI is InChI=1S/C26H31F2N3O2/c1-5-13-31(29)25(32)33-24(26(2,3)4)23-14-19(21-15-20(27)11-12-22(21)28)17-30(23)16-18-9-7-6-8-10-18/h6-12,14-15,17,24H,5,13,16,29H2,1-4H3/t24-/m0/s1. The number of ether oxygens (including phenoxy) is 1. The van der Waals surface area contributed by atoms with Crippen LogP contribution in [-0.2, 0) is 11.3 Å². The van der Waals surface area contributed by atoms with Crippen LogP contribution >= 0.6 is 0 Å². The molecule has 5 nitrogen and oxygen atoms in total. The van der Waals surface area contributed by atoms with Crippen molar-refractivity contribution in [1.29, 1.82) is 0 Å². The fraction of sp³-hybridized carbons (Fsp3) is 0.346. The number of halogens is 2. The molecular formula is C26H31F2N3O2. The lowest BCUT2D eigenvalue weighted by atomic mass is 9.86. The zero-order chi connectivity index (χ0) is 24.2. The first-order valence-electron chi connectivity index (χ1n) is 11.0. The van der Waals surface area contributed by atoms with Crippen molar-refractivity contribution < 1.29 is 18.3 Å². The molecule has 33 heavy (non-hydrogen) atoms. The number of carbonyl (C=O) groups excluding carboxylic acids is 1. The SMILES string of the molecule is CCCN(N)C(=O)O[C@@H](c1cc(-c2cc(F)ccc2F)cn1Cc1ccccc1)C(C)(C)C. The van der Waals surface area contributed by atoms with Crippen molar-refractivity contribution in [2.75, 3.05) is 6.54 Å². The summed E-state index contributed by atoms with van der Waals surface area (Å²) in [4.78, 5) is 12.7. The Bertz CT molecular complexity index is 1090. The topological polar surface area (TPSA) is 60.5 Å². The molecule has 0 saturated heterocycles. The van der Waals surface area contributed by atoms with Gasteiger partial charge in [-0.05, 0) is 36.2 Å². The van der Waals surface area contributed by atoms with Gasteiger partial charge in [-0.1, -0.05) is 58.0 Å². The van der Waals surface area contributed by atoms with Crippen LogP contribution in [-0.4, -0.2) is 22.2 Å². The molecule has 1 aromatic heterocycles. The van der Waals surface area contributed by atoms with Gasteiger partial charge in [0, 0.05) is 35.8 Å². The van der Waals surface area contributed by atoms with Crippen molar-refractivity contribution in [1.82, 2.24) is 9.58 Å². The van der Waals surface area contributed by atoms with E-state index in [-0.39, 0.29) is 5.56 Å². The van der Waals surface area contributed by atoms with Gasteiger partial charge < -0.3 is 9.30 Å². The molecule has 0 aliphatic rings. The maximum Gasteiger partial charge on any atom is 0.424 e. The van der Waals surface area contributed by atoms with Crippen LogP contribution in [0.2, 0.25) is 0 Å². The minimum atomic E-state index is -0.679. The van der Waals surface area contributed by atoms with Gasteiger partial charge in [-0.15, -0.1) is 0 Å². The van der Waals surface area contributed by atoms with E-state index in [4.69, 9.17) is 10.6 Å². The van der Waals surface area contributed by atoms with Gasteiger partial charge in [-0.25, -0.2) is 24.4 Å². The molecule has 7 heteroatoms. The van der Waals surface area contributed by atoms with Crippen molar-refractivity contribution in [3.05, 3.63) is 83.7 Å². The van der Waals surface area contributed by atoms with Crippen molar-refractivity contribution >= 4 is 6.09 Å². The van der Waals surface area contributed by atoms with Crippen LogP contribution in [0, 0.1) is 17.0 Å². The van der Waals surface area contributed by atoms with Gasteiger partial charge in [-0.2, -0.15) is 0 Å². The second kappa shape index (κ2) is 10.2. The van der Waals surface area contributed by atoms with E-state index in [0.717, 1.165) is 22.7 Å². The van der Waals surface area contributed by atoms with Crippen LogP contribution in [0.1, 0.15) is 51.5 Å². The lowest BCUT2D eigenvalue weighted by Crippen LogP contribution is -2.40. The van der Waals surface area contributed by atoms with E-state index >= 15 is 0 Å². The molecule has 0 aliphatic carbocycles. The van der Waals surface area contributed by atoms with Gasteiger partial charge in [0.15, 0.2) is 0 Å². The predicted octanol–water partition coefficient (Wildman–Crippen LogP) is 6.29. The Morgan fingerprint density at radius 2 is 1.82 bits per heavy atom. The van der Waals surface area contributed by atoms with Gasteiger partial charge >= 0.3 is 6.09 Å². The smallest absolute Gasteiger partial charge is 0.424 e. The van der Waals surface area contributed by atoms with Crippen molar-refractivity contribution in [3.63, 3.8) is 0 Å². The summed E-state index contributed by atoms with van der Waals surface area (Å²) in [5.74, 6) is 4.80. The van der Waals surface area contributed by atoms with Gasteiger partial charge in [0.25, 0.3) is 0 Å². The fourth-order valence-corrected chi connectivity index (χ4v) is 3.71. The Morgan fingerprint density at radius 1 is 1.12 bits per heavy atom. The number of aromatic nitrogens is 1. The average Bonchev–Trinajstić information content (AvgIpc) is 3.16. The Labute approximate surface area is 193 Å². The van der Waals surface area contributed by atoms with Crippen LogP contribution in [0.15, 0.2) is 60.8 Å². The summed E-state index contributed by atoms with van der Waals surface area (Å²) in [6, 6.07) is 14.9. The number of hydrazine groups is 1. The zero-order valence-corrected chi connectivity index (χ0v) is 19.5. The Morgan fingerprint density at radius 3 is 2.45 bits per heavy atom. The van der Waals surface area contributed by atoms with Gasteiger partial charge in [0.2, 0.25) is 0 Å². The first-order valence-corrected chi connectivity index (χ1v) is 11.0. The number of benzene rings is 2. The molecule has 1 atom stereocenters. The maximum atomic E-state index is 14.6. The van der Waals surface area contributed by atoms with E-state index in [2.05, 4.69) is 0 Å². The summed E-state index contributed by atoms with van der Waals surface area (Å²) in [7, 11) is 0. The highest BCUT2D eigenvalue weighted by atomic mass is 19.1. The minimum Gasteiger partial charge on any atom is -0.438 e. The highest BCUT2D eigenvalue weighted by Gasteiger charge is 2.34. The highest BCUT2D eigenvalue weighted by Crippen LogP contribution is 2.39. The third-order valence-corrected chi connectivity index (χ3v) is 5.34. The molecule has 0 spiro atoms. The van der Waals surface area contributed by atoms with Crippen LogP contribution in [0.4, 0.5) is 13.6 Å². The molecule has 0 fully saturated rings. The van der Waals surface area contributed by atoms with E-state index in [0.29, 0.717) is 30.8 Å². The summed E-state index contributed by atoms with van der Waals surface area (Å²) in [6.07, 6.45) is 1.14. The number of carbonyl (C=O) groups is 1. The van der Waals surface area contributed by atoms with E-state index in [1.54, 1.807) is 12.3 Å². The summed E-state index contributed by atoms with van der Waals surface area (Å²) in [5.41, 5.74) is 1.84. The molecule has 3 rings (SSSR count). The molecule has 1 heterocycles. The quantitative estimate of drug-likeness (QED) is 0.259. The molecule has 1 amide bonds. The Hall–Kier alpha value is -3.19. The normalized spacial score (nSPS) is 12.5. The van der Waals surface area contributed by atoms with Crippen molar-refractivity contribution in [2.24, 2.45) is 11.3 Å². The summed E-state index contributed by atoms with van der Waals surface area (Å²) in [5, 5.41) is 1.05. The average molecular weight is 456 g/mol. The third-order valence-electron chi connectivity index (χ3n) is 5.34. The number of hydrogen-bond donors (Lipinski definition) is 1. The third kappa shape index (κ3) is 5.99. The molecule has 0 aliphatic heterocycles. The maximum absolute atomic E-state index is 14.6. The number of nitrogens with two attached hydrogens (primary N) is 1. The molecule has 3 aromatic rings. The molecule has 0 unspecified atom stereocenters. The summed E-state index contributed by atoms with van der Waals surface area (Å²) >= 11 is 0. The molecule has 0 radical (unpaired) electrons. The van der Waals surface area contributed by atoms with Crippen LogP contribution < -0.4 is 5.84 Å². The number of hydrogen-bond acceptors (Lipinski definition) is 3. The highest BCUT2D eigenvalue weighted by molar-refractivity contribution is 5.68. The van der Waals surface area contributed by atoms with Crippen molar-refractivity contribution in [2.45, 2.75) is 46.8 Å². The molecule has 0 saturated carbocycles. The number of amides is 1. The first-order chi connectivity index (χ1) is 15.6. The summed E-state index contributed by atoms with van der Waals surface area (Å²) < 4.78 is 36.3. The second-order valence-corrected chi connectivity index (χ2v) is 9.21. The van der Waals surface area contributed by atoms with Gasteiger partial charge in [0.1, 0.15) is 17.7 Å². The van der Waals surface area contributed by atoms with Crippen molar-refractivity contribution in [3.8, 4) is 11.1 Å². The van der Waals surface area contributed by atoms with Gasteiger partial charge in [-0.3, -0.25) is 0 Å². The largest absolute Gasteiger partial charge is 0.438 e. The van der Waals surface area contributed by atoms with E-state index in [9.17, 15) is 13.6 Å². The zero-order valence-electron chi connectivity index (χ0n) is 19.5. The number of nitrogens with zero attached hydrogens (tertiary/aromatic N) is 2. The molecule has 0 bridgehead atoms. The first kappa shape index (κ1) is 24.5. The van der Waals surface area contributed by atoms with E-state index < -0.39 is 29.2 Å². The monoisotopic (exact) mass is 455 g/mol.